The summed E-state index contributed by atoms with van der Waals surface area (Å²) < 4.78 is 1.10. The predicted octanol–water partition coefficient (Wildman–Crippen LogP) is 2.75. The number of amides is 1. The van der Waals surface area contributed by atoms with Crippen LogP contribution in [0.4, 0.5) is 5.69 Å². The molecule has 1 aromatic carbocycles. The normalized spacial score (nSPS) is 19.1. The first kappa shape index (κ1) is 9.40. The summed E-state index contributed by atoms with van der Waals surface area (Å²) in [5, 5.41) is 0. The molecular weight excluding hydrogens is 254 g/mol. The van der Waals surface area contributed by atoms with Crippen LogP contribution in [0.25, 0.3) is 0 Å². The van der Waals surface area contributed by atoms with Crippen molar-refractivity contribution in [2.24, 2.45) is 5.92 Å². The molecule has 0 atom stereocenters. The Bertz CT molecular complexity index is 426. The van der Waals surface area contributed by atoms with Crippen molar-refractivity contribution >= 4 is 27.5 Å². The van der Waals surface area contributed by atoms with E-state index in [1.807, 2.05) is 17.0 Å². The molecule has 3 rings (SSSR count). The highest BCUT2D eigenvalue weighted by molar-refractivity contribution is 9.10. The van der Waals surface area contributed by atoms with Crippen molar-refractivity contribution in [3.05, 3.63) is 28.2 Å². The summed E-state index contributed by atoms with van der Waals surface area (Å²) in [4.78, 5) is 13.9. The molecule has 3 heteroatoms. The molecule has 1 amide bonds. The fraction of sp³-hybridized carbons (Fsp3) is 0.417. The molecule has 0 radical (unpaired) electrons. The first-order chi connectivity index (χ1) is 7.25. The van der Waals surface area contributed by atoms with E-state index >= 15 is 0 Å². The summed E-state index contributed by atoms with van der Waals surface area (Å²) in [6, 6.07) is 6.18. The maximum Gasteiger partial charge on any atom is 0.230 e. The lowest BCUT2D eigenvalue weighted by Crippen LogP contribution is -2.30. The second kappa shape index (κ2) is 3.34. The van der Waals surface area contributed by atoms with Crippen LogP contribution in [0.2, 0.25) is 0 Å². The molecule has 2 aliphatic rings. The Labute approximate surface area is 97.4 Å². The number of hydrogen-bond acceptors (Lipinski definition) is 1. The number of carbonyl (C=O) groups is 1. The van der Waals surface area contributed by atoms with Crippen LogP contribution in [0.3, 0.4) is 0 Å². The van der Waals surface area contributed by atoms with Gasteiger partial charge >= 0.3 is 0 Å². The third kappa shape index (κ3) is 1.59. The van der Waals surface area contributed by atoms with E-state index < -0.39 is 0 Å². The van der Waals surface area contributed by atoms with E-state index in [2.05, 4.69) is 22.0 Å². The van der Waals surface area contributed by atoms with Gasteiger partial charge in [-0.2, -0.15) is 0 Å². The van der Waals surface area contributed by atoms with Crippen LogP contribution in [0.5, 0.6) is 0 Å². The topological polar surface area (TPSA) is 20.3 Å². The van der Waals surface area contributed by atoms with Gasteiger partial charge < -0.3 is 4.90 Å². The number of anilines is 1. The van der Waals surface area contributed by atoms with E-state index in [4.69, 9.17) is 0 Å². The van der Waals surface area contributed by atoms with Crippen LogP contribution in [-0.4, -0.2) is 12.5 Å². The van der Waals surface area contributed by atoms with Crippen LogP contribution in [0.1, 0.15) is 18.4 Å². The molecule has 1 fully saturated rings. The Morgan fingerprint density at radius 3 is 2.93 bits per heavy atom. The molecule has 1 aliphatic carbocycles. The first-order valence-corrected chi connectivity index (χ1v) is 6.15. The molecule has 0 saturated heterocycles. The van der Waals surface area contributed by atoms with Gasteiger partial charge in [0.15, 0.2) is 0 Å². The Balaban J connectivity index is 1.93. The van der Waals surface area contributed by atoms with Gasteiger partial charge in [0.1, 0.15) is 0 Å². The number of hydrogen-bond donors (Lipinski definition) is 0. The van der Waals surface area contributed by atoms with Crippen LogP contribution < -0.4 is 4.90 Å². The maximum absolute atomic E-state index is 12.0. The fourth-order valence-corrected chi connectivity index (χ4v) is 2.56. The number of nitrogens with zero attached hydrogens (tertiary/aromatic N) is 1. The second-order valence-corrected chi connectivity index (χ2v) is 5.20. The fourth-order valence-electron chi connectivity index (χ4n) is 2.15. The average molecular weight is 266 g/mol. The SMILES string of the molecule is O=C(C1CC1)N1CCc2cc(Br)ccc21. The Morgan fingerprint density at radius 2 is 2.20 bits per heavy atom. The number of carbonyl (C=O) groups excluding carboxylic acids is 1. The molecule has 0 spiro atoms. The summed E-state index contributed by atoms with van der Waals surface area (Å²) >= 11 is 3.46. The number of rotatable bonds is 1. The van der Waals surface area contributed by atoms with Crippen LogP contribution in [-0.2, 0) is 11.2 Å². The van der Waals surface area contributed by atoms with Crippen molar-refractivity contribution in [1.29, 1.82) is 0 Å². The minimum absolute atomic E-state index is 0.319. The van der Waals surface area contributed by atoms with Crippen LogP contribution >= 0.6 is 15.9 Å². The number of halogens is 1. The molecule has 15 heavy (non-hydrogen) atoms. The zero-order chi connectivity index (χ0) is 10.4. The number of benzene rings is 1. The van der Waals surface area contributed by atoms with Gasteiger partial charge in [-0.15, -0.1) is 0 Å². The molecule has 0 bridgehead atoms. The van der Waals surface area contributed by atoms with Crippen molar-refractivity contribution in [3.63, 3.8) is 0 Å². The number of fused-ring (bicyclic) bond motifs is 1. The molecule has 1 aliphatic heterocycles. The summed E-state index contributed by atoms with van der Waals surface area (Å²) in [6.07, 6.45) is 3.16. The van der Waals surface area contributed by atoms with Gasteiger partial charge in [0.2, 0.25) is 5.91 Å². The maximum atomic E-state index is 12.0. The molecule has 1 aromatic rings. The van der Waals surface area contributed by atoms with E-state index in [1.54, 1.807) is 0 Å². The lowest BCUT2D eigenvalue weighted by molar-refractivity contribution is -0.119. The summed E-state index contributed by atoms with van der Waals surface area (Å²) in [5.74, 6) is 0.649. The standard InChI is InChI=1S/C12H12BrNO/c13-10-3-4-11-9(7-10)5-6-14(11)12(15)8-1-2-8/h3-4,7-8H,1-2,5-6H2. The Kier molecular flexibility index (Phi) is 2.09. The highest BCUT2D eigenvalue weighted by atomic mass is 79.9. The molecule has 78 valence electrons. The van der Waals surface area contributed by atoms with Crippen molar-refractivity contribution in [2.45, 2.75) is 19.3 Å². The van der Waals surface area contributed by atoms with Crippen molar-refractivity contribution in [1.82, 2.24) is 0 Å². The van der Waals surface area contributed by atoms with Crippen molar-refractivity contribution in [2.75, 3.05) is 11.4 Å². The van der Waals surface area contributed by atoms with Gasteiger partial charge in [-0.05, 0) is 43.0 Å². The summed E-state index contributed by atoms with van der Waals surface area (Å²) in [7, 11) is 0. The van der Waals surface area contributed by atoms with E-state index in [0.717, 1.165) is 36.0 Å². The zero-order valence-electron chi connectivity index (χ0n) is 8.37. The van der Waals surface area contributed by atoms with Gasteiger partial charge in [0.25, 0.3) is 0 Å². The quantitative estimate of drug-likeness (QED) is 0.765. The molecular formula is C12H12BrNO. The molecule has 0 aromatic heterocycles. The molecule has 2 nitrogen and oxygen atoms in total. The van der Waals surface area contributed by atoms with E-state index in [0.29, 0.717) is 11.8 Å². The Hall–Kier alpha value is -0.830. The van der Waals surface area contributed by atoms with Crippen LogP contribution in [0.15, 0.2) is 22.7 Å². The van der Waals surface area contributed by atoms with Crippen molar-refractivity contribution in [3.8, 4) is 0 Å². The van der Waals surface area contributed by atoms with E-state index in [9.17, 15) is 4.79 Å². The molecule has 0 N–H and O–H groups in total. The van der Waals surface area contributed by atoms with Gasteiger partial charge in [-0.3, -0.25) is 4.79 Å². The first-order valence-electron chi connectivity index (χ1n) is 5.35. The predicted molar refractivity (Wildman–Crippen MR) is 62.9 cm³/mol. The van der Waals surface area contributed by atoms with Crippen LogP contribution in [0, 0.1) is 5.92 Å². The summed E-state index contributed by atoms with van der Waals surface area (Å²) in [5.41, 5.74) is 2.41. The lowest BCUT2D eigenvalue weighted by Gasteiger charge is -2.16. The second-order valence-electron chi connectivity index (χ2n) is 4.29. The van der Waals surface area contributed by atoms with Gasteiger partial charge in [-0.25, -0.2) is 0 Å². The summed E-state index contributed by atoms with van der Waals surface area (Å²) in [6.45, 7) is 0.862. The van der Waals surface area contributed by atoms with Gasteiger partial charge in [0, 0.05) is 22.6 Å². The Morgan fingerprint density at radius 1 is 1.40 bits per heavy atom. The smallest absolute Gasteiger partial charge is 0.230 e. The largest absolute Gasteiger partial charge is 0.312 e. The van der Waals surface area contributed by atoms with Gasteiger partial charge in [0.05, 0.1) is 0 Å². The highest BCUT2D eigenvalue weighted by Gasteiger charge is 2.36. The average Bonchev–Trinajstić information content (AvgIpc) is 2.98. The van der Waals surface area contributed by atoms with Crippen molar-refractivity contribution < 1.29 is 4.79 Å². The molecule has 1 saturated carbocycles. The van der Waals surface area contributed by atoms with E-state index in [-0.39, 0.29) is 0 Å². The molecule has 1 heterocycles. The lowest BCUT2D eigenvalue weighted by atomic mass is 10.2. The minimum Gasteiger partial charge on any atom is -0.312 e. The van der Waals surface area contributed by atoms with E-state index in [1.165, 1.54) is 5.56 Å². The third-order valence-electron chi connectivity index (χ3n) is 3.13. The molecule has 0 unspecified atom stereocenters. The minimum atomic E-state index is 0.319. The van der Waals surface area contributed by atoms with Gasteiger partial charge in [-0.1, -0.05) is 15.9 Å². The highest BCUT2D eigenvalue weighted by Crippen LogP contribution is 2.37. The monoisotopic (exact) mass is 265 g/mol. The third-order valence-corrected chi connectivity index (χ3v) is 3.62. The zero-order valence-corrected chi connectivity index (χ0v) is 9.96.